The predicted octanol–water partition coefficient (Wildman–Crippen LogP) is 4.33. The molecule has 2 heterocycles. The third-order valence-electron chi connectivity index (χ3n) is 4.03. The van der Waals surface area contributed by atoms with Gasteiger partial charge >= 0.3 is 0 Å². The van der Waals surface area contributed by atoms with Gasteiger partial charge in [0, 0.05) is 25.5 Å². The predicted molar refractivity (Wildman–Crippen MR) is 107 cm³/mol. The summed E-state index contributed by atoms with van der Waals surface area (Å²) in [5.74, 6) is 0.576. The Balaban J connectivity index is 1.79. The molecule has 0 aliphatic carbocycles. The second-order valence-electron chi connectivity index (χ2n) is 6.04. The van der Waals surface area contributed by atoms with Gasteiger partial charge in [0.05, 0.1) is 22.9 Å². The minimum absolute atomic E-state index is 0.576. The molecule has 0 saturated heterocycles. The molecule has 0 bridgehead atoms. The standard InChI is InChI=1S/C19H23N5OS/c1-12-5-6-15(11-13(12)2)23-18-20-8-7-16(24-18)17-14(3)22-19(26-17)21-9-10-25-4/h5-8,11H,9-10H2,1-4H3,(H,21,22)(H,20,23,24). The number of aromatic nitrogens is 3. The molecule has 1 aromatic carbocycles. The average molecular weight is 369 g/mol. The summed E-state index contributed by atoms with van der Waals surface area (Å²) in [6.45, 7) is 7.56. The van der Waals surface area contributed by atoms with Crippen molar-refractivity contribution in [1.82, 2.24) is 15.0 Å². The number of hydrogen-bond acceptors (Lipinski definition) is 7. The number of thiazole rings is 1. The van der Waals surface area contributed by atoms with Crippen molar-refractivity contribution in [2.45, 2.75) is 20.8 Å². The lowest BCUT2D eigenvalue weighted by molar-refractivity contribution is 0.211. The van der Waals surface area contributed by atoms with Crippen molar-refractivity contribution in [1.29, 1.82) is 0 Å². The SMILES string of the molecule is COCCNc1nc(C)c(-c2ccnc(Nc3ccc(C)c(C)c3)n2)s1. The summed E-state index contributed by atoms with van der Waals surface area (Å²) in [4.78, 5) is 14.6. The van der Waals surface area contributed by atoms with Crippen LogP contribution >= 0.6 is 11.3 Å². The van der Waals surface area contributed by atoms with E-state index in [-0.39, 0.29) is 0 Å². The lowest BCUT2D eigenvalue weighted by Crippen LogP contribution is -2.06. The molecule has 2 aromatic heterocycles. The molecule has 136 valence electrons. The fraction of sp³-hybridized carbons (Fsp3) is 0.316. The van der Waals surface area contributed by atoms with E-state index in [0.717, 1.165) is 33.6 Å². The number of nitrogens with one attached hydrogen (secondary N) is 2. The Kier molecular flexibility index (Phi) is 5.80. The van der Waals surface area contributed by atoms with Crippen LogP contribution < -0.4 is 10.6 Å². The number of benzene rings is 1. The van der Waals surface area contributed by atoms with Gasteiger partial charge in [0.15, 0.2) is 5.13 Å². The molecule has 0 spiro atoms. The Morgan fingerprint density at radius 2 is 1.92 bits per heavy atom. The van der Waals surface area contributed by atoms with Crippen LogP contribution in [-0.2, 0) is 4.74 Å². The first kappa shape index (κ1) is 18.3. The van der Waals surface area contributed by atoms with Crippen molar-refractivity contribution in [2.24, 2.45) is 0 Å². The first-order valence-electron chi connectivity index (χ1n) is 8.45. The Morgan fingerprint density at radius 1 is 1.08 bits per heavy atom. The fourth-order valence-corrected chi connectivity index (χ4v) is 3.43. The Morgan fingerprint density at radius 3 is 2.69 bits per heavy atom. The third-order valence-corrected chi connectivity index (χ3v) is 5.17. The van der Waals surface area contributed by atoms with Gasteiger partial charge in [-0.1, -0.05) is 17.4 Å². The number of rotatable bonds is 7. The van der Waals surface area contributed by atoms with Gasteiger partial charge in [-0.3, -0.25) is 0 Å². The van der Waals surface area contributed by atoms with Crippen molar-refractivity contribution in [2.75, 3.05) is 30.9 Å². The highest BCUT2D eigenvalue weighted by atomic mass is 32.1. The van der Waals surface area contributed by atoms with E-state index in [4.69, 9.17) is 4.74 Å². The van der Waals surface area contributed by atoms with Crippen molar-refractivity contribution in [3.05, 3.63) is 47.3 Å². The average Bonchev–Trinajstić information content (AvgIpc) is 2.99. The quantitative estimate of drug-likeness (QED) is 0.604. The second-order valence-corrected chi connectivity index (χ2v) is 7.04. The van der Waals surface area contributed by atoms with Gasteiger partial charge in [-0.15, -0.1) is 0 Å². The van der Waals surface area contributed by atoms with E-state index < -0.39 is 0 Å². The van der Waals surface area contributed by atoms with Crippen LogP contribution in [0.3, 0.4) is 0 Å². The molecule has 0 aliphatic heterocycles. The monoisotopic (exact) mass is 369 g/mol. The van der Waals surface area contributed by atoms with Gasteiger partial charge < -0.3 is 15.4 Å². The Labute approximate surface area is 157 Å². The summed E-state index contributed by atoms with van der Waals surface area (Å²) >= 11 is 1.59. The van der Waals surface area contributed by atoms with Gasteiger partial charge in [-0.25, -0.2) is 15.0 Å². The number of methoxy groups -OCH3 is 1. The molecule has 7 heteroatoms. The molecule has 0 fully saturated rings. The van der Waals surface area contributed by atoms with E-state index in [1.165, 1.54) is 11.1 Å². The maximum atomic E-state index is 5.06. The zero-order valence-corrected chi connectivity index (χ0v) is 16.3. The van der Waals surface area contributed by atoms with Gasteiger partial charge in [0.2, 0.25) is 5.95 Å². The van der Waals surface area contributed by atoms with Crippen LogP contribution in [0.2, 0.25) is 0 Å². The van der Waals surface area contributed by atoms with E-state index in [9.17, 15) is 0 Å². The smallest absolute Gasteiger partial charge is 0.227 e. The van der Waals surface area contributed by atoms with Crippen LogP contribution in [0.4, 0.5) is 16.8 Å². The molecular weight excluding hydrogens is 346 g/mol. The van der Waals surface area contributed by atoms with Crippen LogP contribution in [0.25, 0.3) is 10.6 Å². The first-order valence-corrected chi connectivity index (χ1v) is 9.26. The maximum Gasteiger partial charge on any atom is 0.227 e. The van der Waals surface area contributed by atoms with Gasteiger partial charge in [-0.2, -0.15) is 0 Å². The summed E-state index contributed by atoms with van der Waals surface area (Å²) in [5, 5.41) is 7.42. The minimum atomic E-state index is 0.576. The van der Waals surface area contributed by atoms with E-state index in [0.29, 0.717) is 12.6 Å². The molecule has 0 atom stereocenters. The number of nitrogens with zero attached hydrogens (tertiary/aromatic N) is 3. The van der Waals surface area contributed by atoms with Gasteiger partial charge in [-0.05, 0) is 50.1 Å². The number of hydrogen-bond donors (Lipinski definition) is 2. The van der Waals surface area contributed by atoms with Crippen molar-refractivity contribution < 1.29 is 4.74 Å². The second kappa shape index (κ2) is 8.25. The first-order chi connectivity index (χ1) is 12.6. The van der Waals surface area contributed by atoms with Crippen LogP contribution in [0, 0.1) is 20.8 Å². The highest BCUT2D eigenvalue weighted by Gasteiger charge is 2.12. The van der Waals surface area contributed by atoms with Gasteiger partial charge in [0.1, 0.15) is 0 Å². The van der Waals surface area contributed by atoms with E-state index >= 15 is 0 Å². The molecule has 26 heavy (non-hydrogen) atoms. The Hall–Kier alpha value is -2.51. The van der Waals surface area contributed by atoms with E-state index in [1.807, 2.05) is 19.1 Å². The summed E-state index contributed by atoms with van der Waals surface area (Å²) < 4.78 is 5.06. The molecule has 0 unspecified atom stereocenters. The number of ether oxygens (including phenoxy) is 1. The zero-order valence-electron chi connectivity index (χ0n) is 15.5. The molecule has 2 N–H and O–H groups in total. The van der Waals surface area contributed by atoms with Crippen LogP contribution in [0.5, 0.6) is 0 Å². The van der Waals surface area contributed by atoms with Gasteiger partial charge in [0.25, 0.3) is 0 Å². The fourth-order valence-electron chi connectivity index (χ4n) is 2.46. The summed E-state index contributed by atoms with van der Waals surface area (Å²) in [5.41, 5.74) is 5.29. The van der Waals surface area contributed by atoms with Crippen LogP contribution in [-0.4, -0.2) is 35.2 Å². The van der Waals surface area contributed by atoms with Crippen LogP contribution in [0.15, 0.2) is 30.5 Å². The molecule has 0 saturated carbocycles. The lowest BCUT2D eigenvalue weighted by Gasteiger charge is -2.08. The summed E-state index contributed by atoms with van der Waals surface area (Å²) in [6.07, 6.45) is 1.77. The van der Waals surface area contributed by atoms with E-state index in [2.05, 4.69) is 51.6 Å². The summed E-state index contributed by atoms with van der Waals surface area (Å²) in [6, 6.07) is 8.13. The zero-order chi connectivity index (χ0) is 18.5. The third kappa shape index (κ3) is 4.36. The molecule has 0 aliphatic rings. The van der Waals surface area contributed by atoms with Crippen LogP contribution in [0.1, 0.15) is 16.8 Å². The van der Waals surface area contributed by atoms with E-state index in [1.54, 1.807) is 24.6 Å². The summed E-state index contributed by atoms with van der Waals surface area (Å²) in [7, 11) is 1.69. The highest BCUT2D eigenvalue weighted by Crippen LogP contribution is 2.32. The molecule has 3 rings (SSSR count). The molecule has 0 radical (unpaired) electrons. The topological polar surface area (TPSA) is 72.0 Å². The molecule has 3 aromatic rings. The molecule has 0 amide bonds. The number of aryl methyl sites for hydroxylation is 3. The van der Waals surface area contributed by atoms with Crippen molar-refractivity contribution >= 4 is 28.1 Å². The lowest BCUT2D eigenvalue weighted by atomic mass is 10.1. The molecule has 6 nitrogen and oxygen atoms in total. The largest absolute Gasteiger partial charge is 0.383 e. The van der Waals surface area contributed by atoms with Crippen molar-refractivity contribution in [3.8, 4) is 10.6 Å². The molecular formula is C19H23N5OS. The Bertz CT molecular complexity index is 893. The highest BCUT2D eigenvalue weighted by molar-refractivity contribution is 7.19. The van der Waals surface area contributed by atoms with Crippen molar-refractivity contribution in [3.63, 3.8) is 0 Å². The maximum absolute atomic E-state index is 5.06. The minimum Gasteiger partial charge on any atom is -0.383 e. The normalized spacial score (nSPS) is 10.8. The number of anilines is 3.